The molecule has 0 atom stereocenters. The van der Waals surface area contributed by atoms with Crippen LogP contribution < -0.4 is 21.5 Å². The molecule has 0 saturated carbocycles. The summed E-state index contributed by atoms with van der Waals surface area (Å²) in [5, 5.41) is 0. The third-order valence-electron chi connectivity index (χ3n) is 2.03. The molecule has 1 aromatic heterocycles. The predicted octanol–water partition coefficient (Wildman–Crippen LogP) is -1.64. The second-order valence-electron chi connectivity index (χ2n) is 3.24. The SMILES string of the molecule is C[n+]1ccn(Cc2ccccc2)c1.[Br-]. The maximum absolute atomic E-state index is 2.16. The molecule has 2 rings (SSSR count). The molecule has 0 aliphatic rings. The molecule has 2 nitrogen and oxygen atoms in total. The molecule has 0 aliphatic heterocycles. The number of hydrogen-bond donors (Lipinski definition) is 0. The van der Waals surface area contributed by atoms with Crippen LogP contribution in [0.2, 0.25) is 0 Å². The van der Waals surface area contributed by atoms with Crippen molar-refractivity contribution in [3.05, 3.63) is 54.6 Å². The van der Waals surface area contributed by atoms with Gasteiger partial charge in [0.1, 0.15) is 18.9 Å². The summed E-state index contributed by atoms with van der Waals surface area (Å²) in [6, 6.07) is 10.5. The summed E-state index contributed by atoms with van der Waals surface area (Å²) in [4.78, 5) is 0. The first kappa shape index (κ1) is 11.0. The van der Waals surface area contributed by atoms with Gasteiger partial charge in [-0.15, -0.1) is 0 Å². The van der Waals surface area contributed by atoms with Crippen molar-refractivity contribution < 1.29 is 21.5 Å². The minimum absolute atomic E-state index is 0. The van der Waals surface area contributed by atoms with Crippen LogP contribution in [0.3, 0.4) is 0 Å². The first-order chi connectivity index (χ1) is 6.34. The summed E-state index contributed by atoms with van der Waals surface area (Å²) in [6.45, 7) is 0.946. The maximum Gasteiger partial charge on any atom is 0.243 e. The van der Waals surface area contributed by atoms with E-state index in [1.165, 1.54) is 5.56 Å². The fraction of sp³-hybridized carbons (Fsp3) is 0.182. The van der Waals surface area contributed by atoms with E-state index in [1.54, 1.807) is 0 Å². The van der Waals surface area contributed by atoms with Crippen molar-refractivity contribution in [1.82, 2.24) is 4.57 Å². The fourth-order valence-corrected chi connectivity index (χ4v) is 1.39. The van der Waals surface area contributed by atoms with E-state index in [0.29, 0.717) is 0 Å². The normalized spacial score (nSPS) is 9.50. The van der Waals surface area contributed by atoms with E-state index in [0.717, 1.165) is 6.54 Å². The Bertz CT molecular complexity index is 381. The minimum atomic E-state index is 0. The Balaban J connectivity index is 0.000000980. The van der Waals surface area contributed by atoms with Crippen LogP contribution >= 0.6 is 0 Å². The van der Waals surface area contributed by atoms with Crippen LogP contribution in [0.15, 0.2) is 49.1 Å². The van der Waals surface area contributed by atoms with E-state index < -0.39 is 0 Å². The lowest BCUT2D eigenvalue weighted by Crippen LogP contribution is -3.00. The molecule has 0 N–H and O–H groups in total. The van der Waals surface area contributed by atoms with Crippen molar-refractivity contribution >= 4 is 0 Å². The Kier molecular flexibility index (Phi) is 3.89. The highest BCUT2D eigenvalue weighted by atomic mass is 79.9. The van der Waals surface area contributed by atoms with Crippen molar-refractivity contribution in [2.24, 2.45) is 7.05 Å². The molecule has 1 aromatic carbocycles. The van der Waals surface area contributed by atoms with Crippen molar-refractivity contribution in [2.45, 2.75) is 6.54 Å². The number of rotatable bonds is 2. The Morgan fingerprint density at radius 1 is 1.21 bits per heavy atom. The lowest BCUT2D eigenvalue weighted by molar-refractivity contribution is -0.671. The second kappa shape index (κ2) is 4.96. The molecule has 0 radical (unpaired) electrons. The van der Waals surface area contributed by atoms with Gasteiger partial charge in [0.2, 0.25) is 6.33 Å². The van der Waals surface area contributed by atoms with E-state index in [9.17, 15) is 0 Å². The Hall–Kier alpha value is -1.09. The lowest BCUT2D eigenvalue weighted by atomic mass is 10.2. The number of benzene rings is 1. The van der Waals surface area contributed by atoms with Gasteiger partial charge in [-0.1, -0.05) is 30.3 Å². The molecule has 0 unspecified atom stereocenters. The highest BCUT2D eigenvalue weighted by molar-refractivity contribution is 5.14. The summed E-state index contributed by atoms with van der Waals surface area (Å²) >= 11 is 0. The summed E-state index contributed by atoms with van der Waals surface area (Å²) < 4.78 is 4.21. The van der Waals surface area contributed by atoms with Crippen LogP contribution in [0.25, 0.3) is 0 Å². The first-order valence-corrected chi connectivity index (χ1v) is 4.39. The van der Waals surface area contributed by atoms with E-state index >= 15 is 0 Å². The molecular formula is C11H13BrN2. The molecule has 0 fully saturated rings. The van der Waals surface area contributed by atoms with Gasteiger partial charge >= 0.3 is 0 Å². The van der Waals surface area contributed by atoms with Gasteiger partial charge in [-0.3, -0.25) is 0 Å². The maximum atomic E-state index is 2.16. The number of hydrogen-bond acceptors (Lipinski definition) is 0. The average Bonchev–Trinajstić information content (AvgIpc) is 2.53. The molecule has 0 aliphatic carbocycles. The minimum Gasteiger partial charge on any atom is -1.00 e. The topological polar surface area (TPSA) is 8.81 Å². The van der Waals surface area contributed by atoms with Crippen LogP contribution in [0, 0.1) is 0 Å². The van der Waals surface area contributed by atoms with Gasteiger partial charge in [-0.05, 0) is 5.56 Å². The van der Waals surface area contributed by atoms with E-state index in [-0.39, 0.29) is 17.0 Å². The highest BCUT2D eigenvalue weighted by Gasteiger charge is 1.99. The Labute approximate surface area is 94.6 Å². The molecule has 14 heavy (non-hydrogen) atoms. The largest absolute Gasteiger partial charge is 1.00 e. The van der Waals surface area contributed by atoms with Crippen molar-refractivity contribution in [2.75, 3.05) is 0 Å². The van der Waals surface area contributed by atoms with Gasteiger partial charge in [-0.2, -0.15) is 0 Å². The Morgan fingerprint density at radius 2 is 1.93 bits per heavy atom. The van der Waals surface area contributed by atoms with Crippen LogP contribution in [-0.4, -0.2) is 4.57 Å². The smallest absolute Gasteiger partial charge is 0.243 e. The van der Waals surface area contributed by atoms with E-state index in [1.807, 2.05) is 23.9 Å². The number of aryl methyl sites for hydroxylation is 1. The molecule has 0 amide bonds. The lowest BCUT2D eigenvalue weighted by Gasteiger charge is -1.95. The zero-order valence-corrected chi connectivity index (χ0v) is 9.68. The molecule has 3 heteroatoms. The van der Waals surface area contributed by atoms with E-state index in [2.05, 4.69) is 41.4 Å². The summed E-state index contributed by atoms with van der Waals surface area (Å²) in [5.74, 6) is 0. The molecule has 1 heterocycles. The van der Waals surface area contributed by atoms with Gasteiger partial charge in [-0.25, -0.2) is 9.13 Å². The zero-order valence-electron chi connectivity index (χ0n) is 8.10. The third-order valence-corrected chi connectivity index (χ3v) is 2.03. The second-order valence-corrected chi connectivity index (χ2v) is 3.24. The third kappa shape index (κ3) is 2.70. The van der Waals surface area contributed by atoms with Crippen molar-refractivity contribution in [3.8, 4) is 0 Å². The van der Waals surface area contributed by atoms with Crippen LogP contribution in [0.5, 0.6) is 0 Å². The number of nitrogens with zero attached hydrogens (tertiary/aromatic N) is 2. The molecule has 2 aromatic rings. The summed E-state index contributed by atoms with van der Waals surface area (Å²) in [6.07, 6.45) is 6.20. The number of imidazole rings is 1. The summed E-state index contributed by atoms with van der Waals surface area (Å²) in [5.41, 5.74) is 1.33. The quantitative estimate of drug-likeness (QED) is 0.568. The van der Waals surface area contributed by atoms with Crippen LogP contribution in [-0.2, 0) is 13.6 Å². The molecule has 0 saturated heterocycles. The monoisotopic (exact) mass is 252 g/mol. The molecular weight excluding hydrogens is 240 g/mol. The summed E-state index contributed by atoms with van der Waals surface area (Å²) in [7, 11) is 2.03. The van der Waals surface area contributed by atoms with Gasteiger partial charge in [0.15, 0.2) is 0 Å². The van der Waals surface area contributed by atoms with E-state index in [4.69, 9.17) is 0 Å². The number of halogens is 1. The molecule has 74 valence electrons. The number of aromatic nitrogens is 2. The first-order valence-electron chi connectivity index (χ1n) is 4.39. The van der Waals surface area contributed by atoms with Gasteiger partial charge < -0.3 is 17.0 Å². The van der Waals surface area contributed by atoms with Crippen LogP contribution in [0.4, 0.5) is 0 Å². The Morgan fingerprint density at radius 3 is 2.50 bits per heavy atom. The van der Waals surface area contributed by atoms with Crippen molar-refractivity contribution in [1.29, 1.82) is 0 Å². The standard InChI is InChI=1S/C11H13N2.BrH/c1-12-7-8-13(10-12)9-11-5-3-2-4-6-11;/h2-8,10H,9H2,1H3;1H/q+1;/p-1. The zero-order chi connectivity index (χ0) is 9.10. The van der Waals surface area contributed by atoms with Crippen molar-refractivity contribution in [3.63, 3.8) is 0 Å². The van der Waals surface area contributed by atoms with Gasteiger partial charge in [0.25, 0.3) is 0 Å². The fourth-order valence-electron chi connectivity index (χ4n) is 1.39. The highest BCUT2D eigenvalue weighted by Crippen LogP contribution is 2.00. The van der Waals surface area contributed by atoms with Gasteiger partial charge in [0, 0.05) is 0 Å². The predicted molar refractivity (Wildman–Crippen MR) is 51.2 cm³/mol. The molecule has 0 bridgehead atoms. The van der Waals surface area contributed by atoms with Crippen LogP contribution in [0.1, 0.15) is 5.56 Å². The van der Waals surface area contributed by atoms with Gasteiger partial charge in [0.05, 0.1) is 7.05 Å². The average molecular weight is 253 g/mol. The molecule has 0 spiro atoms.